The van der Waals surface area contributed by atoms with Crippen LogP contribution in [0.1, 0.15) is 32.3 Å². The van der Waals surface area contributed by atoms with Gasteiger partial charge in [0.1, 0.15) is 24.2 Å². The molecular weight excluding hydrogens is 512 g/mol. The number of rotatable bonds is 12. The summed E-state index contributed by atoms with van der Waals surface area (Å²) in [4.78, 5) is 27.7. The van der Waals surface area contributed by atoms with Crippen molar-refractivity contribution in [1.29, 1.82) is 0 Å². The van der Waals surface area contributed by atoms with Crippen molar-refractivity contribution in [3.05, 3.63) is 96.1 Å². The second kappa shape index (κ2) is 13.1. The van der Waals surface area contributed by atoms with Gasteiger partial charge in [-0.15, -0.1) is 0 Å². The molecule has 0 bridgehead atoms. The molecule has 0 heterocycles. The Morgan fingerprint density at radius 3 is 2.05 bits per heavy atom. The van der Waals surface area contributed by atoms with E-state index in [-0.39, 0.29) is 23.0 Å². The molecule has 1 atom stereocenters. The van der Waals surface area contributed by atoms with Gasteiger partial charge in [0.25, 0.3) is 10.0 Å². The molecule has 0 aromatic heterocycles. The quantitative estimate of drug-likeness (QED) is 0.341. The summed E-state index contributed by atoms with van der Waals surface area (Å²) in [6, 6.07) is 16.9. The maximum Gasteiger partial charge on any atom is 0.264 e. The zero-order chi connectivity index (χ0) is 27.7. The summed E-state index contributed by atoms with van der Waals surface area (Å²) < 4.78 is 55.1. The molecule has 38 heavy (non-hydrogen) atoms. The molecule has 0 aliphatic carbocycles. The Bertz CT molecular complexity index is 1320. The van der Waals surface area contributed by atoms with Crippen molar-refractivity contribution in [2.45, 2.75) is 44.2 Å². The first kappa shape index (κ1) is 28.8. The Labute approximate surface area is 222 Å². The van der Waals surface area contributed by atoms with E-state index in [1.807, 2.05) is 6.92 Å². The molecule has 0 spiro atoms. The van der Waals surface area contributed by atoms with Crippen molar-refractivity contribution in [3.63, 3.8) is 0 Å². The maximum atomic E-state index is 13.7. The third-order valence-electron chi connectivity index (χ3n) is 5.99. The highest BCUT2D eigenvalue weighted by Crippen LogP contribution is 2.24. The van der Waals surface area contributed by atoms with Crippen LogP contribution in [0.5, 0.6) is 0 Å². The predicted octanol–water partition coefficient (Wildman–Crippen LogP) is 4.49. The van der Waals surface area contributed by atoms with Crippen molar-refractivity contribution < 1.29 is 26.8 Å². The van der Waals surface area contributed by atoms with E-state index in [1.165, 1.54) is 29.2 Å². The molecule has 3 aromatic carbocycles. The monoisotopic (exact) mass is 543 g/mol. The lowest BCUT2D eigenvalue weighted by atomic mass is 10.1. The number of carbonyl (C=O) groups is 2. The van der Waals surface area contributed by atoms with E-state index in [4.69, 9.17) is 0 Å². The largest absolute Gasteiger partial charge is 0.354 e. The van der Waals surface area contributed by atoms with Crippen LogP contribution in [0.3, 0.4) is 0 Å². The minimum absolute atomic E-state index is 0.0410. The Morgan fingerprint density at radius 2 is 1.47 bits per heavy atom. The summed E-state index contributed by atoms with van der Waals surface area (Å²) in [5, 5.41) is 2.80. The standard InChI is InChI=1S/C28H31F2N3O4S/c1-3-4-18-31-28(35)21(2)32(19-22-10-12-23(29)13-11-22)27(34)20-33(25-8-6-5-7-9-25)38(36,37)26-16-14-24(30)15-17-26/h5-17,21H,3-4,18-20H2,1-2H3,(H,31,35). The first-order valence-corrected chi connectivity index (χ1v) is 13.7. The van der Waals surface area contributed by atoms with Crippen LogP contribution in [0, 0.1) is 11.6 Å². The van der Waals surface area contributed by atoms with E-state index in [2.05, 4.69) is 5.32 Å². The number of sulfonamides is 1. The lowest BCUT2D eigenvalue weighted by Gasteiger charge is -2.32. The number of halogens is 2. The fraction of sp³-hybridized carbons (Fsp3) is 0.286. The first-order chi connectivity index (χ1) is 18.1. The highest BCUT2D eigenvalue weighted by molar-refractivity contribution is 7.92. The summed E-state index contributed by atoms with van der Waals surface area (Å²) in [5.41, 5.74) is 0.799. The van der Waals surface area contributed by atoms with Crippen LogP contribution in [0.2, 0.25) is 0 Å². The number of hydrogen-bond acceptors (Lipinski definition) is 4. The van der Waals surface area contributed by atoms with Gasteiger partial charge in [0.2, 0.25) is 11.8 Å². The Hall–Kier alpha value is -3.79. The minimum atomic E-state index is -4.27. The normalized spacial score (nSPS) is 12.0. The lowest BCUT2D eigenvalue weighted by molar-refractivity contribution is -0.139. The van der Waals surface area contributed by atoms with Gasteiger partial charge in [0.05, 0.1) is 10.6 Å². The fourth-order valence-corrected chi connectivity index (χ4v) is 5.18. The van der Waals surface area contributed by atoms with Crippen LogP contribution >= 0.6 is 0 Å². The molecule has 2 amide bonds. The van der Waals surface area contributed by atoms with E-state index in [0.29, 0.717) is 12.1 Å². The smallest absolute Gasteiger partial charge is 0.264 e. The molecule has 202 valence electrons. The van der Waals surface area contributed by atoms with Crippen molar-refractivity contribution in [3.8, 4) is 0 Å². The van der Waals surface area contributed by atoms with Crippen LogP contribution in [0.25, 0.3) is 0 Å². The molecule has 7 nitrogen and oxygen atoms in total. The highest BCUT2D eigenvalue weighted by Gasteiger charge is 2.32. The third-order valence-corrected chi connectivity index (χ3v) is 7.78. The van der Waals surface area contributed by atoms with Gasteiger partial charge in [-0.05, 0) is 67.4 Å². The summed E-state index contributed by atoms with van der Waals surface area (Å²) >= 11 is 0. The van der Waals surface area contributed by atoms with E-state index < -0.39 is 40.2 Å². The summed E-state index contributed by atoms with van der Waals surface area (Å²) in [5.74, 6) is -2.07. The van der Waals surface area contributed by atoms with Crippen LogP contribution in [0.4, 0.5) is 14.5 Å². The number of benzene rings is 3. The maximum absolute atomic E-state index is 13.7. The number of unbranched alkanes of at least 4 members (excludes halogenated alkanes) is 1. The van der Waals surface area contributed by atoms with Crippen molar-refractivity contribution in [1.82, 2.24) is 10.2 Å². The number of anilines is 1. The minimum Gasteiger partial charge on any atom is -0.354 e. The van der Waals surface area contributed by atoms with Gasteiger partial charge in [-0.25, -0.2) is 17.2 Å². The highest BCUT2D eigenvalue weighted by atomic mass is 32.2. The Morgan fingerprint density at radius 1 is 0.895 bits per heavy atom. The Balaban J connectivity index is 1.96. The summed E-state index contributed by atoms with van der Waals surface area (Å²) in [6.45, 7) is 3.33. The molecule has 3 aromatic rings. The van der Waals surface area contributed by atoms with Crippen LogP contribution in [0.15, 0.2) is 83.8 Å². The summed E-state index contributed by atoms with van der Waals surface area (Å²) in [7, 11) is -4.27. The van der Waals surface area contributed by atoms with E-state index >= 15 is 0 Å². The van der Waals surface area contributed by atoms with Gasteiger partial charge in [-0.2, -0.15) is 0 Å². The van der Waals surface area contributed by atoms with Gasteiger partial charge in [0.15, 0.2) is 0 Å². The van der Waals surface area contributed by atoms with Crippen molar-refractivity contribution in [2.24, 2.45) is 0 Å². The number of amides is 2. The van der Waals surface area contributed by atoms with Gasteiger partial charge in [-0.1, -0.05) is 43.7 Å². The number of carbonyl (C=O) groups excluding carboxylic acids is 2. The number of hydrogen-bond donors (Lipinski definition) is 1. The second-order valence-corrected chi connectivity index (χ2v) is 10.6. The molecule has 0 saturated heterocycles. The van der Waals surface area contributed by atoms with Crippen LogP contribution in [-0.4, -0.2) is 44.3 Å². The molecule has 3 rings (SSSR count). The van der Waals surface area contributed by atoms with E-state index in [0.717, 1.165) is 41.4 Å². The average Bonchev–Trinajstić information content (AvgIpc) is 2.91. The SMILES string of the molecule is CCCCNC(=O)C(C)N(Cc1ccc(F)cc1)C(=O)CN(c1ccccc1)S(=O)(=O)c1ccc(F)cc1. The third kappa shape index (κ3) is 7.38. The molecule has 0 radical (unpaired) electrons. The van der Waals surface area contributed by atoms with E-state index in [1.54, 1.807) is 37.3 Å². The van der Waals surface area contributed by atoms with Gasteiger partial charge >= 0.3 is 0 Å². The van der Waals surface area contributed by atoms with Gasteiger partial charge in [-0.3, -0.25) is 13.9 Å². The molecule has 0 saturated carbocycles. The second-order valence-electron chi connectivity index (χ2n) is 8.77. The molecule has 0 aliphatic heterocycles. The van der Waals surface area contributed by atoms with Gasteiger partial charge < -0.3 is 10.2 Å². The molecule has 0 fully saturated rings. The number of nitrogens with one attached hydrogen (secondary N) is 1. The average molecular weight is 544 g/mol. The zero-order valence-corrected chi connectivity index (χ0v) is 22.1. The number of nitrogens with zero attached hydrogens (tertiary/aromatic N) is 2. The Kier molecular flexibility index (Phi) is 9.95. The summed E-state index contributed by atoms with van der Waals surface area (Å²) in [6.07, 6.45) is 1.64. The predicted molar refractivity (Wildman–Crippen MR) is 142 cm³/mol. The lowest BCUT2D eigenvalue weighted by Crippen LogP contribution is -2.51. The van der Waals surface area contributed by atoms with E-state index in [9.17, 15) is 26.8 Å². The molecule has 1 unspecified atom stereocenters. The van der Waals surface area contributed by atoms with Gasteiger partial charge in [0, 0.05) is 13.1 Å². The molecule has 1 N–H and O–H groups in total. The van der Waals surface area contributed by atoms with Crippen LogP contribution in [-0.2, 0) is 26.2 Å². The topological polar surface area (TPSA) is 86.8 Å². The van der Waals surface area contributed by atoms with Crippen molar-refractivity contribution >= 4 is 27.5 Å². The number of para-hydroxylation sites is 1. The molecule has 10 heteroatoms. The fourth-order valence-electron chi connectivity index (χ4n) is 3.76. The van der Waals surface area contributed by atoms with Crippen LogP contribution < -0.4 is 9.62 Å². The van der Waals surface area contributed by atoms with Crippen molar-refractivity contribution in [2.75, 3.05) is 17.4 Å². The molecular formula is C28H31F2N3O4S. The molecule has 0 aliphatic rings. The first-order valence-electron chi connectivity index (χ1n) is 12.3. The zero-order valence-electron chi connectivity index (χ0n) is 21.3.